The van der Waals surface area contributed by atoms with Gasteiger partial charge in [-0.3, -0.25) is 0 Å². The van der Waals surface area contributed by atoms with E-state index in [0.29, 0.717) is 0 Å². The van der Waals surface area contributed by atoms with Crippen LogP contribution in [0.1, 0.15) is 30.3 Å². The van der Waals surface area contributed by atoms with E-state index < -0.39 is 0 Å². The van der Waals surface area contributed by atoms with Gasteiger partial charge in [-0.25, -0.2) is 0 Å². The number of benzene rings is 1. The molecule has 19 heavy (non-hydrogen) atoms. The van der Waals surface area contributed by atoms with Crippen molar-refractivity contribution in [2.45, 2.75) is 26.4 Å². The van der Waals surface area contributed by atoms with E-state index in [9.17, 15) is 5.11 Å². The Morgan fingerprint density at radius 2 is 1.89 bits per heavy atom. The van der Waals surface area contributed by atoms with E-state index in [2.05, 4.69) is 48.8 Å². The summed E-state index contributed by atoms with van der Waals surface area (Å²) >= 11 is 1.75. The molecule has 2 rings (SSSR count). The van der Waals surface area contributed by atoms with Gasteiger partial charge >= 0.3 is 0 Å². The lowest BCUT2D eigenvalue weighted by Crippen LogP contribution is -2.36. The first-order chi connectivity index (χ1) is 9.13. The highest BCUT2D eigenvalue weighted by Gasteiger charge is 2.29. The third-order valence-corrected chi connectivity index (χ3v) is 4.26. The molecule has 1 aromatic carbocycles. The first kappa shape index (κ1) is 14.3. The third kappa shape index (κ3) is 3.66. The van der Waals surface area contributed by atoms with Crippen LogP contribution in [0.15, 0.2) is 47.8 Å². The van der Waals surface area contributed by atoms with E-state index in [1.54, 1.807) is 11.3 Å². The molecule has 1 heterocycles. The SMILES string of the molecule is CC(C)(CO)[C@@H](NCc1cccs1)c1ccccc1. The van der Waals surface area contributed by atoms with Crippen molar-refractivity contribution in [3.8, 4) is 0 Å². The fourth-order valence-corrected chi connectivity index (χ4v) is 2.85. The van der Waals surface area contributed by atoms with Gasteiger partial charge in [0.25, 0.3) is 0 Å². The molecule has 1 atom stereocenters. The van der Waals surface area contributed by atoms with Crippen LogP contribution in [0.3, 0.4) is 0 Å². The predicted octanol–water partition coefficient (Wildman–Crippen LogP) is 3.60. The molecule has 0 unspecified atom stereocenters. The highest BCUT2D eigenvalue weighted by Crippen LogP contribution is 2.33. The third-order valence-electron chi connectivity index (χ3n) is 3.38. The molecule has 0 radical (unpaired) electrons. The van der Waals surface area contributed by atoms with Gasteiger partial charge in [-0.05, 0) is 17.0 Å². The Morgan fingerprint density at radius 3 is 2.47 bits per heavy atom. The van der Waals surface area contributed by atoms with E-state index in [1.165, 1.54) is 10.4 Å². The van der Waals surface area contributed by atoms with Crippen molar-refractivity contribution in [3.63, 3.8) is 0 Å². The summed E-state index contributed by atoms with van der Waals surface area (Å²) in [5, 5.41) is 15.3. The lowest BCUT2D eigenvalue weighted by Gasteiger charge is -2.34. The highest BCUT2D eigenvalue weighted by molar-refractivity contribution is 7.09. The minimum atomic E-state index is -0.196. The van der Waals surface area contributed by atoms with Crippen molar-refractivity contribution in [1.29, 1.82) is 0 Å². The standard InChI is InChI=1S/C16H21NOS/c1-16(2,12-18)15(13-7-4-3-5-8-13)17-11-14-9-6-10-19-14/h3-10,15,17-18H,11-12H2,1-2H3/t15-/m0/s1. The van der Waals surface area contributed by atoms with Crippen LogP contribution in [-0.2, 0) is 6.54 Å². The summed E-state index contributed by atoms with van der Waals surface area (Å²) < 4.78 is 0. The quantitative estimate of drug-likeness (QED) is 0.844. The fourth-order valence-electron chi connectivity index (χ4n) is 2.20. The van der Waals surface area contributed by atoms with Gasteiger partial charge in [0.2, 0.25) is 0 Å². The summed E-state index contributed by atoms with van der Waals surface area (Å²) in [5.74, 6) is 0. The number of aliphatic hydroxyl groups is 1. The number of hydrogen-bond donors (Lipinski definition) is 2. The molecule has 0 saturated carbocycles. The number of hydrogen-bond acceptors (Lipinski definition) is 3. The van der Waals surface area contributed by atoms with Gasteiger partial charge in [-0.1, -0.05) is 50.2 Å². The molecule has 0 bridgehead atoms. The van der Waals surface area contributed by atoms with E-state index in [-0.39, 0.29) is 18.1 Å². The molecular weight excluding hydrogens is 254 g/mol. The van der Waals surface area contributed by atoms with Crippen molar-refractivity contribution in [1.82, 2.24) is 5.32 Å². The van der Waals surface area contributed by atoms with Crippen LogP contribution in [-0.4, -0.2) is 11.7 Å². The zero-order valence-electron chi connectivity index (χ0n) is 11.5. The summed E-state index contributed by atoms with van der Waals surface area (Å²) in [6.45, 7) is 5.17. The van der Waals surface area contributed by atoms with Crippen LogP contribution in [0.4, 0.5) is 0 Å². The van der Waals surface area contributed by atoms with E-state index in [0.717, 1.165) is 6.54 Å². The summed E-state index contributed by atoms with van der Waals surface area (Å²) in [4.78, 5) is 1.31. The second-order valence-corrected chi connectivity index (χ2v) is 6.48. The molecule has 0 fully saturated rings. The Hall–Kier alpha value is -1.16. The molecule has 0 amide bonds. The van der Waals surface area contributed by atoms with Crippen molar-refractivity contribution in [3.05, 3.63) is 58.3 Å². The minimum absolute atomic E-state index is 0.140. The van der Waals surface area contributed by atoms with Gasteiger partial charge in [0.1, 0.15) is 0 Å². The first-order valence-corrected chi connectivity index (χ1v) is 7.43. The number of nitrogens with one attached hydrogen (secondary N) is 1. The highest BCUT2D eigenvalue weighted by atomic mass is 32.1. The lowest BCUT2D eigenvalue weighted by molar-refractivity contribution is 0.115. The Balaban J connectivity index is 2.15. The molecule has 102 valence electrons. The van der Waals surface area contributed by atoms with Gasteiger partial charge in [0.15, 0.2) is 0 Å². The number of thiophene rings is 1. The molecule has 0 saturated heterocycles. The number of rotatable bonds is 6. The van der Waals surface area contributed by atoms with Crippen molar-refractivity contribution in [2.75, 3.05) is 6.61 Å². The van der Waals surface area contributed by atoms with Crippen molar-refractivity contribution < 1.29 is 5.11 Å². The Morgan fingerprint density at radius 1 is 1.16 bits per heavy atom. The summed E-state index contributed by atoms with van der Waals surface area (Å²) in [6, 6.07) is 14.7. The molecule has 2 nitrogen and oxygen atoms in total. The van der Waals surface area contributed by atoms with Crippen LogP contribution in [0.25, 0.3) is 0 Å². The Bertz CT molecular complexity index is 479. The smallest absolute Gasteiger partial charge is 0.0500 e. The molecule has 0 spiro atoms. The van der Waals surface area contributed by atoms with E-state index in [4.69, 9.17) is 0 Å². The first-order valence-electron chi connectivity index (χ1n) is 6.55. The maximum atomic E-state index is 9.65. The normalized spacial score (nSPS) is 13.4. The zero-order valence-corrected chi connectivity index (χ0v) is 12.3. The van der Waals surface area contributed by atoms with Crippen LogP contribution < -0.4 is 5.32 Å². The van der Waals surface area contributed by atoms with Gasteiger partial charge in [0.05, 0.1) is 0 Å². The lowest BCUT2D eigenvalue weighted by atomic mass is 9.81. The molecule has 1 aromatic heterocycles. The largest absolute Gasteiger partial charge is 0.396 e. The molecule has 3 heteroatoms. The molecular formula is C16H21NOS. The average molecular weight is 275 g/mol. The van der Waals surface area contributed by atoms with Gasteiger partial charge in [-0.15, -0.1) is 11.3 Å². The van der Waals surface area contributed by atoms with Crippen molar-refractivity contribution >= 4 is 11.3 Å². The van der Waals surface area contributed by atoms with Crippen LogP contribution >= 0.6 is 11.3 Å². The summed E-state index contributed by atoms with van der Waals surface area (Å²) in [7, 11) is 0. The van der Waals surface area contributed by atoms with Gasteiger partial charge in [-0.2, -0.15) is 0 Å². The van der Waals surface area contributed by atoms with E-state index >= 15 is 0 Å². The van der Waals surface area contributed by atoms with Gasteiger partial charge < -0.3 is 10.4 Å². The van der Waals surface area contributed by atoms with Crippen LogP contribution in [0, 0.1) is 5.41 Å². The maximum absolute atomic E-state index is 9.65. The van der Waals surface area contributed by atoms with Crippen LogP contribution in [0.2, 0.25) is 0 Å². The monoisotopic (exact) mass is 275 g/mol. The van der Waals surface area contributed by atoms with Gasteiger partial charge in [0, 0.05) is 29.5 Å². The second kappa shape index (κ2) is 6.33. The molecule has 2 N–H and O–H groups in total. The topological polar surface area (TPSA) is 32.3 Å². The Kier molecular flexibility index (Phi) is 4.75. The zero-order chi connectivity index (χ0) is 13.7. The Labute approximate surface area is 119 Å². The summed E-state index contributed by atoms with van der Waals surface area (Å²) in [5.41, 5.74) is 1.02. The van der Waals surface area contributed by atoms with Crippen LogP contribution in [0.5, 0.6) is 0 Å². The summed E-state index contributed by atoms with van der Waals surface area (Å²) in [6.07, 6.45) is 0. The maximum Gasteiger partial charge on any atom is 0.0500 e. The van der Waals surface area contributed by atoms with Crippen molar-refractivity contribution in [2.24, 2.45) is 5.41 Å². The second-order valence-electron chi connectivity index (χ2n) is 5.45. The molecule has 0 aliphatic heterocycles. The predicted molar refractivity (Wildman–Crippen MR) is 81.2 cm³/mol. The van der Waals surface area contributed by atoms with E-state index in [1.807, 2.05) is 18.2 Å². The number of aliphatic hydroxyl groups excluding tert-OH is 1. The molecule has 0 aliphatic rings. The minimum Gasteiger partial charge on any atom is -0.396 e. The fraction of sp³-hybridized carbons (Fsp3) is 0.375. The average Bonchev–Trinajstić information content (AvgIpc) is 2.93. The molecule has 0 aliphatic carbocycles. The molecule has 2 aromatic rings.